The predicted octanol–water partition coefficient (Wildman–Crippen LogP) is 2.54. The van der Waals surface area contributed by atoms with Crippen LogP contribution in [0.5, 0.6) is 0 Å². The van der Waals surface area contributed by atoms with E-state index in [0.717, 1.165) is 44.9 Å². The Morgan fingerprint density at radius 2 is 1.34 bits per heavy atom. The van der Waals surface area contributed by atoms with Crippen LogP contribution >= 0.6 is 0 Å². The summed E-state index contributed by atoms with van der Waals surface area (Å²) in [6, 6.07) is 0. The van der Waals surface area contributed by atoms with Crippen LogP contribution in [-0.4, -0.2) is 138 Å². The average molecular weight is 799 g/mol. The Bertz CT molecular complexity index is 1380. The minimum atomic E-state index is -1.75. The fourth-order valence-electron chi connectivity index (χ4n) is 13.5. The highest BCUT2D eigenvalue weighted by molar-refractivity contribution is 5.20. The van der Waals surface area contributed by atoms with Crippen molar-refractivity contribution < 1.29 is 64.9 Å². The van der Waals surface area contributed by atoms with Gasteiger partial charge >= 0.3 is 0 Å². The van der Waals surface area contributed by atoms with Gasteiger partial charge in [0.05, 0.1) is 31.0 Å². The zero-order chi connectivity index (χ0) is 41.3. The van der Waals surface area contributed by atoms with Gasteiger partial charge in [0.25, 0.3) is 0 Å². The Morgan fingerprint density at radius 3 is 1.96 bits per heavy atom. The minimum absolute atomic E-state index is 0.0142. The number of unbranched alkanes of at least 4 members (excludes halogenated alkanes) is 1. The zero-order valence-corrected chi connectivity index (χ0v) is 35.0. The summed E-state index contributed by atoms with van der Waals surface area (Å²) < 4.78 is 24.4. The molecule has 0 spiro atoms. The van der Waals surface area contributed by atoms with Gasteiger partial charge in [0.1, 0.15) is 48.8 Å². The highest BCUT2D eigenvalue weighted by atomic mass is 16.8. The van der Waals surface area contributed by atoms with E-state index in [1.165, 1.54) is 5.57 Å². The van der Waals surface area contributed by atoms with Crippen molar-refractivity contribution in [2.45, 2.75) is 199 Å². The van der Waals surface area contributed by atoms with Crippen LogP contribution in [0.3, 0.4) is 0 Å². The molecule has 4 saturated carbocycles. The molecule has 13 heteroatoms. The molecule has 0 radical (unpaired) electrons. The van der Waals surface area contributed by atoms with Crippen LogP contribution in [0.2, 0.25) is 0 Å². The lowest BCUT2D eigenvalue weighted by Crippen LogP contribution is -2.68. The van der Waals surface area contributed by atoms with E-state index >= 15 is 0 Å². The monoisotopic (exact) mass is 799 g/mol. The third kappa shape index (κ3) is 7.38. The summed E-state index contributed by atoms with van der Waals surface area (Å²) in [6.45, 7) is 16.5. The molecule has 6 rings (SSSR count). The van der Waals surface area contributed by atoms with E-state index in [0.29, 0.717) is 19.3 Å². The van der Waals surface area contributed by atoms with Gasteiger partial charge in [0.2, 0.25) is 0 Å². The Kier molecular flexibility index (Phi) is 13.0. The fraction of sp³-hybridized carbons (Fsp3) is 0.953. The minimum Gasteiger partial charge on any atom is -0.394 e. The van der Waals surface area contributed by atoms with Crippen LogP contribution in [0.4, 0.5) is 0 Å². The summed E-state index contributed by atoms with van der Waals surface area (Å²) in [5.41, 5.74) is -0.337. The van der Waals surface area contributed by atoms with Crippen molar-refractivity contribution in [1.82, 2.24) is 0 Å². The molecule has 13 nitrogen and oxygen atoms in total. The van der Waals surface area contributed by atoms with E-state index in [2.05, 4.69) is 54.5 Å². The maximum atomic E-state index is 12.2. The summed E-state index contributed by atoms with van der Waals surface area (Å²) in [6.07, 6.45) is -5.32. The quantitative estimate of drug-likeness (QED) is 0.0836. The van der Waals surface area contributed by atoms with E-state index in [9.17, 15) is 46.0 Å². The Hall–Kier alpha value is -0.780. The van der Waals surface area contributed by atoms with Crippen molar-refractivity contribution in [2.24, 2.45) is 45.3 Å². The number of hydrogen-bond acceptors (Lipinski definition) is 13. The molecule has 324 valence electrons. The molecular weight excluding hydrogens is 724 g/mol. The molecule has 2 saturated heterocycles. The maximum absolute atomic E-state index is 12.2. The average Bonchev–Trinajstić information content (AvgIpc) is 3.52. The second-order valence-corrected chi connectivity index (χ2v) is 20.5. The smallest absolute Gasteiger partial charge is 0.187 e. The van der Waals surface area contributed by atoms with Crippen molar-refractivity contribution >= 4 is 0 Å². The number of hydrogen-bond donors (Lipinski definition) is 9. The molecule has 0 amide bonds. The number of ether oxygens (including phenoxy) is 4. The molecule has 9 N–H and O–H groups in total. The zero-order valence-electron chi connectivity index (χ0n) is 35.0. The van der Waals surface area contributed by atoms with E-state index in [1.807, 2.05) is 6.92 Å². The Morgan fingerprint density at radius 1 is 0.732 bits per heavy atom. The molecule has 2 aliphatic heterocycles. The van der Waals surface area contributed by atoms with Gasteiger partial charge in [-0.05, 0) is 130 Å². The third-order valence-corrected chi connectivity index (χ3v) is 16.8. The first-order valence-corrected chi connectivity index (χ1v) is 21.4. The summed E-state index contributed by atoms with van der Waals surface area (Å²) in [5.74, 6) is 0.464. The van der Waals surface area contributed by atoms with E-state index < -0.39 is 97.8 Å². The Balaban J connectivity index is 1.21. The van der Waals surface area contributed by atoms with Crippen molar-refractivity contribution in [2.75, 3.05) is 13.2 Å². The number of fused-ring (bicyclic) bond motifs is 5. The lowest BCUT2D eigenvalue weighted by Gasteiger charge is -2.70. The SMILES string of the molecule is CC(C)=CCCCC(C)(O)C1CCC2(C)C1C(O)CC1C3(C)CCC(OC4OC(CO)C(O)C(O)C4OC4OC(CO)C(O)C(O)C4O)C(C)(C)C3CCC12C. The second-order valence-electron chi connectivity index (χ2n) is 20.5. The largest absolute Gasteiger partial charge is 0.394 e. The van der Waals surface area contributed by atoms with E-state index in [4.69, 9.17) is 18.9 Å². The van der Waals surface area contributed by atoms with Gasteiger partial charge < -0.3 is 64.9 Å². The number of aliphatic hydroxyl groups excluding tert-OH is 8. The molecule has 0 aromatic rings. The van der Waals surface area contributed by atoms with Gasteiger partial charge in [0.15, 0.2) is 12.6 Å². The normalized spacial score (nSPS) is 51.3. The highest BCUT2D eigenvalue weighted by Gasteiger charge is 2.71. The summed E-state index contributed by atoms with van der Waals surface area (Å²) in [7, 11) is 0. The molecule has 20 unspecified atom stereocenters. The first-order valence-electron chi connectivity index (χ1n) is 21.4. The number of aliphatic hydroxyl groups is 9. The summed E-state index contributed by atoms with van der Waals surface area (Å²) >= 11 is 0. The van der Waals surface area contributed by atoms with Crippen LogP contribution in [0, 0.1) is 45.3 Å². The molecule has 56 heavy (non-hydrogen) atoms. The number of rotatable bonds is 11. The van der Waals surface area contributed by atoms with E-state index in [1.54, 1.807) is 0 Å². The van der Waals surface area contributed by atoms with Crippen LogP contribution in [0.1, 0.15) is 120 Å². The van der Waals surface area contributed by atoms with Crippen LogP contribution < -0.4 is 0 Å². The Labute approximate surface area is 333 Å². The van der Waals surface area contributed by atoms with Gasteiger partial charge in [-0.25, -0.2) is 0 Å². The van der Waals surface area contributed by atoms with Crippen LogP contribution in [0.25, 0.3) is 0 Å². The highest BCUT2D eigenvalue weighted by Crippen LogP contribution is 2.76. The second kappa shape index (κ2) is 16.2. The molecule has 6 aliphatic rings. The maximum Gasteiger partial charge on any atom is 0.187 e. The van der Waals surface area contributed by atoms with Crippen molar-refractivity contribution in [1.29, 1.82) is 0 Å². The van der Waals surface area contributed by atoms with Crippen molar-refractivity contribution in [3.63, 3.8) is 0 Å². The lowest BCUT2D eigenvalue weighted by atomic mass is 9.35. The molecule has 6 fully saturated rings. The van der Waals surface area contributed by atoms with Gasteiger partial charge in [-0.15, -0.1) is 0 Å². The topological polar surface area (TPSA) is 219 Å². The summed E-state index contributed by atoms with van der Waals surface area (Å²) in [4.78, 5) is 0. The third-order valence-electron chi connectivity index (χ3n) is 16.8. The van der Waals surface area contributed by atoms with Crippen LogP contribution in [0.15, 0.2) is 11.6 Å². The van der Waals surface area contributed by atoms with Gasteiger partial charge in [-0.3, -0.25) is 0 Å². The van der Waals surface area contributed by atoms with Gasteiger partial charge in [-0.1, -0.05) is 46.3 Å². The molecule has 20 atom stereocenters. The fourth-order valence-corrected chi connectivity index (χ4v) is 13.5. The molecule has 4 aliphatic carbocycles. The predicted molar refractivity (Wildman–Crippen MR) is 206 cm³/mol. The van der Waals surface area contributed by atoms with Crippen molar-refractivity contribution in [3.8, 4) is 0 Å². The molecular formula is C43H74O13. The lowest BCUT2D eigenvalue weighted by molar-refractivity contribution is -0.378. The molecule has 0 bridgehead atoms. The molecule has 2 heterocycles. The molecule has 0 aromatic heterocycles. The summed E-state index contributed by atoms with van der Waals surface area (Å²) in [5, 5.41) is 97.5. The first-order chi connectivity index (χ1) is 26.1. The standard InChI is InChI=1S/C43H74O13/c1-22(2)11-9-10-15-43(8,52)23-12-17-42(7)30(23)24(46)19-28-40(5)16-14-29(39(3,4)27(40)13-18-41(28,42)6)55-38-36(34(50)32(48)26(21-45)54-38)56-37-35(51)33(49)31(47)25(20-44)53-37/h11,23-38,44-52H,9-10,12-21H2,1-8H3. The van der Waals surface area contributed by atoms with Gasteiger partial charge in [-0.2, -0.15) is 0 Å². The van der Waals surface area contributed by atoms with Crippen molar-refractivity contribution in [3.05, 3.63) is 11.6 Å². The molecule has 0 aromatic carbocycles. The van der Waals surface area contributed by atoms with Crippen LogP contribution in [-0.2, 0) is 18.9 Å². The number of allylic oxidation sites excluding steroid dienone is 2. The first kappa shape index (κ1) is 44.8. The van der Waals surface area contributed by atoms with E-state index in [-0.39, 0.29) is 39.9 Å². The van der Waals surface area contributed by atoms with Gasteiger partial charge in [0, 0.05) is 0 Å².